The molecule has 0 aromatic heterocycles. The van der Waals surface area contributed by atoms with Crippen LogP contribution in [0.4, 0.5) is 0 Å². The summed E-state index contributed by atoms with van der Waals surface area (Å²) in [5.41, 5.74) is 2.03. The topological polar surface area (TPSA) is 335 Å². The molecule has 24 nitrogen and oxygen atoms in total. The largest absolute Gasteiger partial charge is 0.491 e. The van der Waals surface area contributed by atoms with Crippen molar-refractivity contribution in [3.8, 4) is 11.5 Å². The Morgan fingerprint density at radius 2 is 0.612 bits per heavy atom. The van der Waals surface area contributed by atoms with Gasteiger partial charge in [0.25, 0.3) is 0 Å². The molecule has 2 aromatic carbocycles. The Labute approximate surface area is 577 Å². The Morgan fingerprint density at radius 1 is 0.367 bits per heavy atom. The molecule has 548 valence electrons. The van der Waals surface area contributed by atoms with Crippen LogP contribution in [0.15, 0.2) is 124 Å². The van der Waals surface area contributed by atoms with E-state index in [0.717, 1.165) is 125 Å². The fourth-order valence-electron chi connectivity index (χ4n) is 11.3. The lowest BCUT2D eigenvalue weighted by molar-refractivity contribution is -0.143. The molecular formula is C74H108O24. The van der Waals surface area contributed by atoms with Crippen LogP contribution in [0.5, 0.6) is 11.5 Å². The highest BCUT2D eigenvalue weighted by Gasteiger charge is 2.41. The molecule has 0 radical (unpaired) electrons. The van der Waals surface area contributed by atoms with Gasteiger partial charge in [-0.1, -0.05) is 91.4 Å². The van der Waals surface area contributed by atoms with Gasteiger partial charge in [-0.3, -0.25) is 0 Å². The number of hydrogen-bond donors (Lipinski definition) is 6. The molecule has 3 fully saturated rings. The number of carbonyl (C=O) groups excluding carboxylic acids is 6. The molecular weight excluding hydrogens is 1270 g/mol. The van der Waals surface area contributed by atoms with E-state index in [-0.39, 0.29) is 102 Å². The lowest BCUT2D eigenvalue weighted by Crippen LogP contribution is -2.39. The van der Waals surface area contributed by atoms with Gasteiger partial charge in [0.1, 0.15) is 101 Å². The van der Waals surface area contributed by atoms with Gasteiger partial charge < -0.3 is 87.5 Å². The van der Waals surface area contributed by atoms with Crippen LogP contribution in [0.1, 0.15) is 116 Å². The summed E-state index contributed by atoms with van der Waals surface area (Å²) >= 11 is 0. The highest BCUT2D eigenvalue weighted by molar-refractivity contribution is 5.83. The van der Waals surface area contributed by atoms with E-state index in [1.807, 2.05) is 48.5 Å². The summed E-state index contributed by atoms with van der Waals surface area (Å²) in [6, 6.07) is 15.1. The average molecular weight is 1380 g/mol. The van der Waals surface area contributed by atoms with E-state index in [0.29, 0.717) is 48.4 Å². The fraction of sp³-hybridized carbons (Fsp3) is 0.595. The smallest absolute Gasteiger partial charge is 0.330 e. The maximum absolute atomic E-state index is 11.1. The molecule has 5 rings (SSSR count). The molecule has 6 N–H and O–H groups in total. The van der Waals surface area contributed by atoms with Crippen LogP contribution in [-0.2, 0) is 81.6 Å². The van der Waals surface area contributed by atoms with E-state index in [2.05, 4.69) is 67.2 Å². The molecule has 0 saturated heterocycles. The number of benzene rings is 2. The number of esters is 6. The van der Waals surface area contributed by atoms with Crippen LogP contribution in [0, 0.1) is 29.1 Å². The van der Waals surface area contributed by atoms with Crippen molar-refractivity contribution < 1.29 is 116 Å². The predicted molar refractivity (Wildman–Crippen MR) is 363 cm³/mol. The summed E-state index contributed by atoms with van der Waals surface area (Å²) in [5.74, 6) is -0.124. The van der Waals surface area contributed by atoms with Crippen LogP contribution in [0.3, 0.4) is 0 Å². The molecule has 3 saturated carbocycles. The lowest BCUT2D eigenvalue weighted by Gasteiger charge is -2.46. The SMILES string of the molecule is C=CC(=O)OCC(O)COC1CCC(C(C)(C)C2CCC(OCC(O)COC(=O)C=C)CC2)CC1.C=CC(=O)OCC(O)COCC1CCC(COCC(O)COC(=O)C=C)CC1.C=CC(=O)OCC(O)COc1ccc(C(C)(C)c2ccc(OCC(O)COC(=O)C=C)cc2)cc1. The maximum atomic E-state index is 11.1. The molecule has 3 aliphatic rings. The summed E-state index contributed by atoms with van der Waals surface area (Å²) < 4.78 is 62.7. The van der Waals surface area contributed by atoms with Crippen LogP contribution >= 0.6 is 0 Å². The van der Waals surface area contributed by atoms with Gasteiger partial charge in [-0.15, -0.1) is 0 Å². The van der Waals surface area contributed by atoms with E-state index < -0.39 is 72.4 Å². The first-order valence-electron chi connectivity index (χ1n) is 33.4. The second-order valence-electron chi connectivity index (χ2n) is 25.6. The first-order valence-corrected chi connectivity index (χ1v) is 33.4. The van der Waals surface area contributed by atoms with Gasteiger partial charge >= 0.3 is 35.8 Å². The summed E-state index contributed by atoms with van der Waals surface area (Å²) in [4.78, 5) is 66.1. The lowest BCUT2D eigenvalue weighted by atomic mass is 9.60. The average Bonchev–Trinajstić information content (AvgIpc) is 0.814. The highest BCUT2D eigenvalue weighted by Crippen LogP contribution is 2.49. The fourth-order valence-corrected chi connectivity index (χ4v) is 11.3. The number of ether oxygens (including phenoxy) is 12. The van der Waals surface area contributed by atoms with Gasteiger partial charge in [-0.05, 0) is 142 Å². The molecule has 0 aliphatic heterocycles. The van der Waals surface area contributed by atoms with Crippen molar-refractivity contribution in [2.45, 2.75) is 159 Å². The van der Waals surface area contributed by atoms with E-state index in [4.69, 9.17) is 56.8 Å². The molecule has 98 heavy (non-hydrogen) atoms. The van der Waals surface area contributed by atoms with E-state index in [1.165, 1.54) is 0 Å². The summed E-state index contributed by atoms with van der Waals surface area (Å²) in [7, 11) is 0. The Bertz CT molecular complexity index is 2520. The molecule has 6 unspecified atom stereocenters. The van der Waals surface area contributed by atoms with E-state index in [9.17, 15) is 59.4 Å². The van der Waals surface area contributed by atoms with Gasteiger partial charge in [0.2, 0.25) is 0 Å². The van der Waals surface area contributed by atoms with Crippen molar-refractivity contribution in [1.29, 1.82) is 0 Å². The Kier molecular flexibility index (Phi) is 40.9. The van der Waals surface area contributed by atoms with E-state index in [1.54, 1.807) is 0 Å². The van der Waals surface area contributed by atoms with Gasteiger partial charge in [-0.2, -0.15) is 0 Å². The minimum atomic E-state index is -0.945. The molecule has 2 aromatic rings. The van der Waals surface area contributed by atoms with Crippen LogP contribution in [0.2, 0.25) is 0 Å². The number of carbonyl (C=O) groups is 6. The Morgan fingerprint density at radius 3 is 0.867 bits per heavy atom. The summed E-state index contributed by atoms with van der Waals surface area (Å²) in [6.07, 6.45) is 13.7. The molecule has 3 aliphatic carbocycles. The van der Waals surface area contributed by atoms with Crippen molar-refractivity contribution in [1.82, 2.24) is 0 Å². The molecule has 0 amide bonds. The van der Waals surface area contributed by atoms with Gasteiger partial charge in [0.15, 0.2) is 0 Å². The number of rotatable bonds is 42. The Hall–Kier alpha value is -7.10. The number of aliphatic hydroxyl groups is 6. The quantitative estimate of drug-likeness (QED) is 0.0216. The molecule has 24 heteroatoms. The molecule has 0 spiro atoms. The normalized spacial score (nSPS) is 20.2. The van der Waals surface area contributed by atoms with Gasteiger partial charge in [0.05, 0.1) is 38.6 Å². The van der Waals surface area contributed by atoms with Gasteiger partial charge in [-0.25, -0.2) is 28.8 Å². The molecule has 0 heterocycles. The summed E-state index contributed by atoms with van der Waals surface area (Å²) in [6.45, 7) is 29.8. The zero-order valence-electron chi connectivity index (χ0n) is 57.7. The standard InChI is InChI=1S/C27H44O8.C27H32O8.C20H32O8/c2*1-5-25(30)34-17-21(28)15-32-23-11-7-19(8-12-23)27(3,4)20-9-13-24(14-10-20)33-16-22(29)18-35-26(31)6-2;1-3-19(23)27-13-17(21)11-25-9-15-5-7-16(8-6-15)10-26-12-18(22)14-28-20(24)4-2/h5-6,19-24,28-29H,1-2,7-18H2,3-4H3;5-14,21-22,28-29H,1-2,15-18H2,3-4H3;3-4,15-18,21-22H,1-2,5-14H2. The van der Waals surface area contributed by atoms with Crippen molar-refractivity contribution in [2.75, 3.05) is 92.5 Å². The highest BCUT2D eigenvalue weighted by atomic mass is 16.6. The second kappa shape index (κ2) is 47.0. The van der Waals surface area contributed by atoms with Crippen molar-refractivity contribution in [2.24, 2.45) is 29.1 Å². The maximum Gasteiger partial charge on any atom is 0.330 e. The zero-order chi connectivity index (χ0) is 72.5. The number of aliphatic hydroxyl groups excluding tert-OH is 6. The third-order valence-corrected chi connectivity index (χ3v) is 17.3. The number of hydrogen-bond acceptors (Lipinski definition) is 24. The van der Waals surface area contributed by atoms with Crippen molar-refractivity contribution in [3.05, 3.63) is 136 Å². The van der Waals surface area contributed by atoms with Crippen LogP contribution < -0.4 is 9.47 Å². The first kappa shape index (κ1) is 85.1. The van der Waals surface area contributed by atoms with Crippen molar-refractivity contribution >= 4 is 35.8 Å². The van der Waals surface area contributed by atoms with Crippen LogP contribution in [0.25, 0.3) is 0 Å². The monoisotopic (exact) mass is 1380 g/mol. The predicted octanol–water partition coefficient (Wildman–Crippen LogP) is 7.30. The second-order valence-corrected chi connectivity index (χ2v) is 25.6. The third kappa shape index (κ3) is 34.6. The third-order valence-electron chi connectivity index (χ3n) is 17.3. The minimum absolute atomic E-state index is 0.0139. The van der Waals surface area contributed by atoms with Crippen LogP contribution in [-0.4, -0.2) is 208 Å². The molecule has 0 bridgehead atoms. The van der Waals surface area contributed by atoms with Crippen molar-refractivity contribution in [3.63, 3.8) is 0 Å². The van der Waals surface area contributed by atoms with Gasteiger partial charge in [0, 0.05) is 55.1 Å². The minimum Gasteiger partial charge on any atom is -0.491 e. The summed E-state index contributed by atoms with van der Waals surface area (Å²) in [5, 5.41) is 59.0. The Balaban J connectivity index is 0.000000386. The zero-order valence-corrected chi connectivity index (χ0v) is 57.7. The molecule has 6 atom stereocenters. The van der Waals surface area contributed by atoms with E-state index >= 15 is 0 Å². The first-order chi connectivity index (χ1) is 46.7.